The Hall–Kier alpha value is -2.09. The van der Waals surface area contributed by atoms with Gasteiger partial charge in [0, 0.05) is 19.2 Å². The summed E-state index contributed by atoms with van der Waals surface area (Å²) in [6, 6.07) is 7.18. The number of rotatable bonds is 6. The third kappa shape index (κ3) is 4.25. The SMILES string of the molecule is Cc1ccc([N+](=O)[O-])c(N(CCC#N)CC(C)C)c1. The Morgan fingerprint density at radius 1 is 1.47 bits per heavy atom. The summed E-state index contributed by atoms with van der Waals surface area (Å²) in [5.74, 6) is 0.374. The van der Waals surface area contributed by atoms with Crippen molar-refractivity contribution in [3.8, 4) is 6.07 Å². The molecule has 0 saturated carbocycles. The van der Waals surface area contributed by atoms with E-state index in [-0.39, 0.29) is 10.6 Å². The molecule has 0 atom stereocenters. The first kappa shape index (κ1) is 15.0. The molecule has 1 aromatic carbocycles. The van der Waals surface area contributed by atoms with Crippen molar-refractivity contribution in [3.05, 3.63) is 33.9 Å². The number of nitrogens with zero attached hydrogens (tertiary/aromatic N) is 3. The van der Waals surface area contributed by atoms with Crippen LogP contribution in [0.1, 0.15) is 25.8 Å². The first-order valence-electron chi connectivity index (χ1n) is 6.32. The molecule has 0 fully saturated rings. The van der Waals surface area contributed by atoms with Crippen LogP contribution in [0.2, 0.25) is 0 Å². The third-order valence-electron chi connectivity index (χ3n) is 2.75. The fourth-order valence-corrected chi connectivity index (χ4v) is 1.98. The van der Waals surface area contributed by atoms with Gasteiger partial charge in [-0.2, -0.15) is 5.26 Å². The van der Waals surface area contributed by atoms with Crippen LogP contribution in [-0.4, -0.2) is 18.0 Å². The minimum Gasteiger partial charge on any atom is -0.365 e. The lowest BCUT2D eigenvalue weighted by molar-refractivity contribution is -0.384. The molecule has 0 radical (unpaired) electrons. The highest BCUT2D eigenvalue weighted by molar-refractivity contribution is 5.64. The average molecular weight is 261 g/mol. The predicted octanol–water partition coefficient (Wildman–Crippen LogP) is 3.28. The fourth-order valence-electron chi connectivity index (χ4n) is 1.98. The van der Waals surface area contributed by atoms with Crippen molar-refractivity contribution in [3.63, 3.8) is 0 Å². The molecule has 0 amide bonds. The zero-order valence-corrected chi connectivity index (χ0v) is 11.6. The summed E-state index contributed by atoms with van der Waals surface area (Å²) < 4.78 is 0. The molecule has 0 N–H and O–H groups in total. The van der Waals surface area contributed by atoms with E-state index in [1.54, 1.807) is 6.07 Å². The van der Waals surface area contributed by atoms with Crippen molar-refractivity contribution in [1.82, 2.24) is 0 Å². The predicted molar refractivity (Wildman–Crippen MR) is 75.1 cm³/mol. The van der Waals surface area contributed by atoms with Gasteiger partial charge in [0.05, 0.1) is 17.4 Å². The van der Waals surface area contributed by atoms with E-state index in [4.69, 9.17) is 5.26 Å². The van der Waals surface area contributed by atoms with Crippen molar-refractivity contribution in [1.29, 1.82) is 5.26 Å². The van der Waals surface area contributed by atoms with E-state index in [1.165, 1.54) is 6.07 Å². The van der Waals surface area contributed by atoms with E-state index in [0.717, 1.165) is 5.56 Å². The number of hydrogen-bond donors (Lipinski definition) is 0. The summed E-state index contributed by atoms with van der Waals surface area (Å²) in [5.41, 5.74) is 1.68. The van der Waals surface area contributed by atoms with Gasteiger partial charge in [-0.3, -0.25) is 10.1 Å². The van der Waals surface area contributed by atoms with Gasteiger partial charge in [0.1, 0.15) is 5.69 Å². The smallest absolute Gasteiger partial charge is 0.292 e. The number of aryl methyl sites for hydroxylation is 1. The van der Waals surface area contributed by atoms with Crippen LogP contribution in [0.4, 0.5) is 11.4 Å². The largest absolute Gasteiger partial charge is 0.365 e. The fraction of sp³-hybridized carbons (Fsp3) is 0.500. The zero-order chi connectivity index (χ0) is 14.4. The van der Waals surface area contributed by atoms with Crippen LogP contribution < -0.4 is 4.90 Å². The van der Waals surface area contributed by atoms with Gasteiger partial charge in [0.15, 0.2) is 0 Å². The van der Waals surface area contributed by atoms with Crippen LogP contribution in [-0.2, 0) is 0 Å². The standard InChI is InChI=1S/C14H19N3O2/c1-11(2)10-16(8-4-7-15)14-9-12(3)5-6-13(14)17(18)19/h5-6,9,11H,4,8,10H2,1-3H3. The van der Waals surface area contributed by atoms with Crippen LogP contribution in [0.25, 0.3) is 0 Å². The van der Waals surface area contributed by atoms with E-state index in [9.17, 15) is 10.1 Å². The topological polar surface area (TPSA) is 70.2 Å². The molecule has 0 aliphatic rings. The Morgan fingerprint density at radius 2 is 2.16 bits per heavy atom. The molecule has 5 nitrogen and oxygen atoms in total. The molecule has 5 heteroatoms. The Bertz CT molecular complexity index is 492. The van der Waals surface area contributed by atoms with E-state index in [0.29, 0.717) is 31.1 Å². The molecule has 0 heterocycles. The number of anilines is 1. The number of nitriles is 1. The number of nitro benzene ring substituents is 1. The van der Waals surface area contributed by atoms with Gasteiger partial charge in [-0.05, 0) is 24.5 Å². The molecular weight excluding hydrogens is 242 g/mol. The Balaban J connectivity index is 3.15. The average Bonchev–Trinajstić information content (AvgIpc) is 2.33. The maximum atomic E-state index is 11.1. The summed E-state index contributed by atoms with van der Waals surface area (Å²) in [4.78, 5) is 12.7. The van der Waals surface area contributed by atoms with Gasteiger partial charge < -0.3 is 4.90 Å². The summed E-state index contributed by atoms with van der Waals surface area (Å²) in [5, 5.41) is 19.8. The zero-order valence-electron chi connectivity index (χ0n) is 11.6. The molecular formula is C14H19N3O2. The van der Waals surface area contributed by atoms with Gasteiger partial charge in [-0.1, -0.05) is 19.9 Å². The Kier molecular flexibility index (Phi) is 5.31. The van der Waals surface area contributed by atoms with Crippen molar-refractivity contribution in [2.24, 2.45) is 5.92 Å². The number of benzene rings is 1. The third-order valence-corrected chi connectivity index (χ3v) is 2.75. The second-order valence-electron chi connectivity index (χ2n) is 5.00. The minimum absolute atomic E-state index is 0.101. The lowest BCUT2D eigenvalue weighted by atomic mass is 10.1. The van der Waals surface area contributed by atoms with Crippen LogP contribution in [0.3, 0.4) is 0 Å². The number of nitro groups is 1. The molecule has 0 spiro atoms. The van der Waals surface area contributed by atoms with Crippen LogP contribution in [0.5, 0.6) is 0 Å². The van der Waals surface area contributed by atoms with Gasteiger partial charge in [-0.25, -0.2) is 0 Å². The molecule has 0 bridgehead atoms. The molecule has 0 aliphatic heterocycles. The molecule has 0 aromatic heterocycles. The van der Waals surface area contributed by atoms with Crippen molar-refractivity contribution in [2.45, 2.75) is 27.2 Å². The van der Waals surface area contributed by atoms with Crippen molar-refractivity contribution in [2.75, 3.05) is 18.0 Å². The van der Waals surface area contributed by atoms with Crippen LogP contribution in [0, 0.1) is 34.3 Å². The summed E-state index contributed by atoms with van der Waals surface area (Å²) in [6.07, 6.45) is 0.359. The Morgan fingerprint density at radius 3 is 2.68 bits per heavy atom. The maximum absolute atomic E-state index is 11.1. The normalized spacial score (nSPS) is 10.3. The monoisotopic (exact) mass is 261 g/mol. The molecule has 1 rings (SSSR count). The lowest BCUT2D eigenvalue weighted by Crippen LogP contribution is -2.29. The van der Waals surface area contributed by atoms with Gasteiger partial charge >= 0.3 is 0 Å². The first-order chi connectivity index (χ1) is 8.95. The highest BCUT2D eigenvalue weighted by Crippen LogP contribution is 2.29. The van der Waals surface area contributed by atoms with E-state index >= 15 is 0 Å². The molecule has 1 aromatic rings. The molecule has 0 unspecified atom stereocenters. The van der Waals surface area contributed by atoms with Crippen molar-refractivity contribution >= 4 is 11.4 Å². The van der Waals surface area contributed by atoms with E-state index in [1.807, 2.05) is 17.9 Å². The molecule has 0 saturated heterocycles. The molecule has 102 valence electrons. The quantitative estimate of drug-likeness (QED) is 0.582. The van der Waals surface area contributed by atoms with Crippen LogP contribution >= 0.6 is 0 Å². The number of hydrogen-bond acceptors (Lipinski definition) is 4. The van der Waals surface area contributed by atoms with Crippen LogP contribution in [0.15, 0.2) is 18.2 Å². The first-order valence-corrected chi connectivity index (χ1v) is 6.32. The van der Waals surface area contributed by atoms with Gasteiger partial charge in [-0.15, -0.1) is 0 Å². The van der Waals surface area contributed by atoms with E-state index < -0.39 is 0 Å². The second kappa shape index (κ2) is 6.74. The summed E-state index contributed by atoms with van der Waals surface area (Å²) >= 11 is 0. The summed E-state index contributed by atoms with van der Waals surface area (Å²) in [7, 11) is 0. The lowest BCUT2D eigenvalue weighted by Gasteiger charge is -2.25. The molecule has 19 heavy (non-hydrogen) atoms. The Labute approximate surface area is 113 Å². The minimum atomic E-state index is -0.367. The maximum Gasteiger partial charge on any atom is 0.292 e. The highest BCUT2D eigenvalue weighted by Gasteiger charge is 2.19. The van der Waals surface area contributed by atoms with E-state index in [2.05, 4.69) is 19.9 Å². The van der Waals surface area contributed by atoms with Gasteiger partial charge in [0.2, 0.25) is 0 Å². The van der Waals surface area contributed by atoms with Gasteiger partial charge in [0.25, 0.3) is 5.69 Å². The van der Waals surface area contributed by atoms with Crippen molar-refractivity contribution < 1.29 is 4.92 Å². The second-order valence-corrected chi connectivity index (χ2v) is 5.00. The molecule has 0 aliphatic carbocycles. The highest BCUT2D eigenvalue weighted by atomic mass is 16.6. The summed E-state index contributed by atoms with van der Waals surface area (Å²) in [6.45, 7) is 7.23.